The van der Waals surface area contributed by atoms with Crippen LogP contribution in [0.1, 0.15) is 32.0 Å². The van der Waals surface area contributed by atoms with Crippen LogP contribution in [0.4, 0.5) is 5.69 Å². The zero-order valence-electron chi connectivity index (χ0n) is 19.6. The number of hydrogen-bond donors (Lipinski definition) is 1. The van der Waals surface area contributed by atoms with Crippen molar-refractivity contribution in [3.05, 3.63) is 101 Å². The Balaban J connectivity index is 0.000000380. The van der Waals surface area contributed by atoms with Crippen LogP contribution in [0.25, 0.3) is 16.7 Å². The fraction of sp³-hybridized carbons (Fsp3) is 0.214. The minimum absolute atomic E-state index is 0.727. The summed E-state index contributed by atoms with van der Waals surface area (Å²) in [6, 6.07) is 20.3. The number of nitrogens with zero attached hydrogens (tertiary/aromatic N) is 2. The molecule has 0 aliphatic rings. The second-order valence-electron chi connectivity index (χ2n) is 7.41. The van der Waals surface area contributed by atoms with E-state index in [1.54, 1.807) is 7.05 Å². The maximum Gasteiger partial charge on any atom is 0.0596 e. The molecule has 0 aliphatic carbocycles. The number of allylic oxidation sites excluding steroid dienone is 3. The second-order valence-corrected chi connectivity index (χ2v) is 7.84. The summed E-state index contributed by atoms with van der Waals surface area (Å²) in [4.78, 5) is 8.37. The molecule has 0 saturated heterocycles. The molecule has 4 heteroatoms. The summed E-state index contributed by atoms with van der Waals surface area (Å²) >= 11 is 6.07. The highest BCUT2D eigenvalue weighted by atomic mass is 35.5. The third-order valence-corrected chi connectivity index (χ3v) is 5.26. The smallest absolute Gasteiger partial charge is 0.0596 e. The SMILES string of the molecule is C=C(C)C(/C=C(\C)c1ccc(-c2ccc(Cl)cc2NC)cc1)=NC.CCc1ccccn1. The van der Waals surface area contributed by atoms with E-state index in [0.29, 0.717) is 0 Å². The van der Waals surface area contributed by atoms with Gasteiger partial charge in [-0.2, -0.15) is 0 Å². The number of halogens is 1. The number of rotatable bonds is 6. The second kappa shape index (κ2) is 12.6. The van der Waals surface area contributed by atoms with Crippen LogP contribution in [0.15, 0.2) is 90.1 Å². The first-order valence-corrected chi connectivity index (χ1v) is 11.1. The van der Waals surface area contributed by atoms with Gasteiger partial charge >= 0.3 is 0 Å². The van der Waals surface area contributed by atoms with E-state index in [-0.39, 0.29) is 0 Å². The molecule has 0 spiro atoms. The summed E-state index contributed by atoms with van der Waals surface area (Å²) in [5, 5.41) is 3.92. The van der Waals surface area contributed by atoms with Gasteiger partial charge in [0.25, 0.3) is 0 Å². The lowest BCUT2D eigenvalue weighted by molar-refractivity contribution is 1.04. The molecular weight excluding hydrogens is 414 g/mol. The molecule has 0 fully saturated rings. The number of hydrogen-bond acceptors (Lipinski definition) is 3. The Hall–Kier alpha value is -3.17. The van der Waals surface area contributed by atoms with Gasteiger partial charge in [-0.15, -0.1) is 0 Å². The zero-order chi connectivity index (χ0) is 23.5. The lowest BCUT2D eigenvalue weighted by Crippen LogP contribution is -1.95. The van der Waals surface area contributed by atoms with Crippen LogP contribution < -0.4 is 5.32 Å². The predicted octanol–water partition coefficient (Wildman–Crippen LogP) is 7.74. The van der Waals surface area contributed by atoms with Gasteiger partial charge in [-0.1, -0.05) is 61.5 Å². The molecule has 3 rings (SSSR count). The fourth-order valence-corrected chi connectivity index (χ4v) is 3.33. The third kappa shape index (κ3) is 7.21. The average molecular weight is 446 g/mol. The number of pyridine rings is 1. The Morgan fingerprint density at radius 3 is 2.31 bits per heavy atom. The third-order valence-electron chi connectivity index (χ3n) is 5.02. The van der Waals surface area contributed by atoms with Crippen LogP contribution in [0.3, 0.4) is 0 Å². The number of aliphatic imine (C=N–C) groups is 1. The van der Waals surface area contributed by atoms with Crippen molar-refractivity contribution >= 4 is 28.6 Å². The van der Waals surface area contributed by atoms with Crippen molar-refractivity contribution in [1.29, 1.82) is 0 Å². The van der Waals surface area contributed by atoms with Crippen LogP contribution in [-0.2, 0) is 6.42 Å². The van der Waals surface area contributed by atoms with Crippen molar-refractivity contribution in [2.75, 3.05) is 19.4 Å². The van der Waals surface area contributed by atoms with Crippen LogP contribution in [0.5, 0.6) is 0 Å². The summed E-state index contributed by atoms with van der Waals surface area (Å²) in [5.41, 5.74) is 8.68. The number of nitrogens with one attached hydrogen (secondary N) is 1. The topological polar surface area (TPSA) is 37.3 Å². The van der Waals surface area contributed by atoms with E-state index >= 15 is 0 Å². The predicted molar refractivity (Wildman–Crippen MR) is 142 cm³/mol. The molecule has 1 heterocycles. The number of aryl methyl sites for hydroxylation is 1. The lowest BCUT2D eigenvalue weighted by atomic mass is 9.98. The molecule has 1 aromatic heterocycles. The van der Waals surface area contributed by atoms with Crippen molar-refractivity contribution in [3.8, 4) is 11.1 Å². The maximum absolute atomic E-state index is 6.07. The highest BCUT2D eigenvalue weighted by Gasteiger charge is 2.06. The minimum Gasteiger partial charge on any atom is -0.388 e. The molecule has 0 aliphatic heterocycles. The number of aromatic nitrogens is 1. The molecule has 0 unspecified atom stereocenters. The molecule has 3 nitrogen and oxygen atoms in total. The summed E-state index contributed by atoms with van der Waals surface area (Å²) in [6.45, 7) is 10.1. The molecule has 3 aromatic rings. The van der Waals surface area contributed by atoms with Crippen LogP contribution >= 0.6 is 11.6 Å². The lowest BCUT2D eigenvalue weighted by Gasteiger charge is -2.11. The quantitative estimate of drug-likeness (QED) is 0.394. The van der Waals surface area contributed by atoms with Gasteiger partial charge < -0.3 is 5.32 Å². The monoisotopic (exact) mass is 445 g/mol. The Kier molecular flexibility index (Phi) is 9.90. The van der Waals surface area contributed by atoms with Crippen molar-refractivity contribution in [2.24, 2.45) is 4.99 Å². The normalized spacial score (nSPS) is 11.4. The van der Waals surface area contributed by atoms with Gasteiger partial charge in [0, 0.05) is 42.3 Å². The first kappa shape index (κ1) is 25.1. The molecule has 166 valence electrons. The van der Waals surface area contributed by atoms with Gasteiger partial charge in [0.1, 0.15) is 0 Å². The van der Waals surface area contributed by atoms with Gasteiger partial charge in [0.05, 0.1) is 5.71 Å². The minimum atomic E-state index is 0.727. The highest BCUT2D eigenvalue weighted by Crippen LogP contribution is 2.31. The Labute approximate surface area is 197 Å². The van der Waals surface area contributed by atoms with Gasteiger partial charge in [-0.05, 0) is 72.9 Å². The molecule has 32 heavy (non-hydrogen) atoms. The van der Waals surface area contributed by atoms with Gasteiger partial charge in [0.15, 0.2) is 0 Å². The molecule has 0 atom stereocenters. The summed E-state index contributed by atoms with van der Waals surface area (Å²) in [6.07, 6.45) is 4.92. The molecule has 2 aromatic carbocycles. The maximum atomic E-state index is 6.07. The van der Waals surface area contributed by atoms with Crippen molar-refractivity contribution < 1.29 is 0 Å². The van der Waals surface area contributed by atoms with Gasteiger partial charge in [-0.3, -0.25) is 9.98 Å². The van der Waals surface area contributed by atoms with Crippen molar-refractivity contribution in [2.45, 2.75) is 27.2 Å². The van der Waals surface area contributed by atoms with E-state index in [2.05, 4.69) is 66.1 Å². The van der Waals surface area contributed by atoms with E-state index in [9.17, 15) is 0 Å². The number of anilines is 1. The van der Waals surface area contributed by atoms with E-state index in [0.717, 1.165) is 50.8 Å². The molecular formula is C28H32ClN3. The molecule has 0 bridgehead atoms. The fourth-order valence-electron chi connectivity index (χ4n) is 3.16. The average Bonchev–Trinajstić information content (AvgIpc) is 2.83. The largest absolute Gasteiger partial charge is 0.388 e. The van der Waals surface area contributed by atoms with Crippen LogP contribution in [0.2, 0.25) is 5.02 Å². The van der Waals surface area contributed by atoms with Crippen molar-refractivity contribution in [1.82, 2.24) is 4.98 Å². The van der Waals surface area contributed by atoms with Crippen molar-refractivity contribution in [3.63, 3.8) is 0 Å². The first-order chi connectivity index (χ1) is 15.4. The van der Waals surface area contributed by atoms with Gasteiger partial charge in [-0.25, -0.2) is 0 Å². The number of benzene rings is 2. The Morgan fingerprint density at radius 2 is 1.81 bits per heavy atom. The standard InChI is InChI=1S/C21H23ClN2.C7H9N/c1-14(2)20(23-4)12-15(3)16-6-8-17(9-7-16)19-11-10-18(22)13-21(19)24-5;1-2-7-5-3-4-6-8-7/h6-13,24H,1H2,2-5H3;3-6H,2H2,1H3/b15-12+,23-20?;. The molecule has 0 radical (unpaired) electrons. The highest BCUT2D eigenvalue weighted by molar-refractivity contribution is 6.31. The van der Waals surface area contributed by atoms with Gasteiger partial charge in [0.2, 0.25) is 0 Å². The van der Waals surface area contributed by atoms with E-state index < -0.39 is 0 Å². The molecule has 1 N–H and O–H groups in total. The van der Waals surface area contributed by atoms with Crippen LogP contribution in [0, 0.1) is 0 Å². The summed E-state index contributed by atoms with van der Waals surface area (Å²) in [5.74, 6) is 0. The van der Waals surface area contributed by atoms with E-state index in [1.165, 1.54) is 5.56 Å². The van der Waals surface area contributed by atoms with E-state index in [1.807, 2.05) is 56.6 Å². The molecule has 0 saturated carbocycles. The Morgan fingerprint density at radius 1 is 1.09 bits per heavy atom. The first-order valence-electron chi connectivity index (χ1n) is 10.7. The van der Waals surface area contributed by atoms with Crippen LogP contribution in [-0.4, -0.2) is 24.8 Å². The summed E-state index contributed by atoms with van der Waals surface area (Å²) < 4.78 is 0. The zero-order valence-corrected chi connectivity index (χ0v) is 20.4. The summed E-state index contributed by atoms with van der Waals surface area (Å²) in [7, 11) is 3.69. The molecule has 0 amide bonds. The van der Waals surface area contributed by atoms with E-state index in [4.69, 9.17) is 11.6 Å². The Bertz CT molecular complexity index is 1080.